The monoisotopic (exact) mass is 959 g/mol. The van der Waals surface area contributed by atoms with Crippen molar-refractivity contribution in [1.29, 1.82) is 0 Å². The highest BCUT2D eigenvalue weighted by Gasteiger charge is 2.24. The molecule has 27 heteroatoms. The third-order valence-electron chi connectivity index (χ3n) is 8.32. The van der Waals surface area contributed by atoms with E-state index < -0.39 is 41.5 Å². The number of benzene rings is 5. The number of aryl methyl sites for hydroxylation is 1. The van der Waals surface area contributed by atoms with Crippen LogP contribution < -0.4 is 16.0 Å². The molecule has 0 saturated carbocycles. The van der Waals surface area contributed by atoms with Crippen LogP contribution in [0, 0.1) is 6.92 Å². The summed E-state index contributed by atoms with van der Waals surface area (Å²) < 4.78 is 74.7. The maximum absolute atomic E-state index is 12.5. The standard InChI is InChI=1S/C35H27Cl2N11O10S4/c1-17-6-9-20(10-7-17)39-33-42-30(36)41-32(45-33)38-12-13-59-35-44-31(37)43-34(46-35)40-24-16-21(61(51,52)53)14-19-15-25(60-58-57-50)27(28(49)26(19)24)48-47-23-11-8-18-4-2-3-5-22(18)29(23)62(54,55)56/h2-11,14-16,49-50H,12-13H2,1H3,(H,51,52,53)(H,54,55,56)(H,40,43,44,46)(H2,38,39,41,42,45). The van der Waals surface area contributed by atoms with E-state index in [1.54, 1.807) is 18.2 Å². The molecular formula is C35H27Cl2N11O10S4. The first-order valence-corrected chi connectivity index (χ1v) is 22.6. The van der Waals surface area contributed by atoms with Crippen molar-refractivity contribution >= 4 is 129 Å². The molecule has 21 nitrogen and oxygen atoms in total. The van der Waals surface area contributed by atoms with Crippen LogP contribution in [-0.4, -0.2) is 78.5 Å². The Balaban J connectivity index is 1.19. The number of hydrogen-bond donors (Lipinski definition) is 7. The minimum Gasteiger partial charge on any atom is -0.505 e. The number of halogens is 2. The molecule has 0 radical (unpaired) electrons. The summed E-state index contributed by atoms with van der Waals surface area (Å²) in [5, 5.41) is 41.6. The number of aromatic nitrogens is 6. The summed E-state index contributed by atoms with van der Waals surface area (Å²) in [4.78, 5) is 23.7. The molecule has 0 saturated heterocycles. The van der Waals surface area contributed by atoms with Crippen molar-refractivity contribution < 1.29 is 45.7 Å². The molecule has 7 aromatic rings. The summed E-state index contributed by atoms with van der Waals surface area (Å²) in [7, 11) is -9.76. The van der Waals surface area contributed by atoms with E-state index in [0.29, 0.717) is 23.2 Å². The first kappa shape index (κ1) is 44.5. The van der Waals surface area contributed by atoms with Crippen molar-refractivity contribution in [2.75, 3.05) is 28.2 Å². The molecular weight excluding hydrogens is 934 g/mol. The van der Waals surface area contributed by atoms with E-state index in [-0.39, 0.29) is 72.5 Å². The number of nitrogens with zero attached hydrogens (tertiary/aromatic N) is 8. The minimum atomic E-state index is -4.89. The van der Waals surface area contributed by atoms with Gasteiger partial charge in [-0.1, -0.05) is 64.8 Å². The van der Waals surface area contributed by atoms with Crippen molar-refractivity contribution in [3.63, 3.8) is 0 Å². The zero-order valence-corrected chi connectivity index (χ0v) is 35.9. The fourth-order valence-corrected chi connectivity index (χ4v) is 8.67. The van der Waals surface area contributed by atoms with E-state index in [1.165, 1.54) is 24.3 Å². The number of thioether (sulfide) groups is 1. The fourth-order valence-electron chi connectivity index (χ4n) is 5.73. The molecule has 0 aliphatic carbocycles. The molecule has 0 spiro atoms. The van der Waals surface area contributed by atoms with Crippen LogP contribution in [0.15, 0.2) is 109 Å². The van der Waals surface area contributed by atoms with Gasteiger partial charge < -0.3 is 21.1 Å². The lowest BCUT2D eigenvalue weighted by Crippen LogP contribution is -2.10. The molecule has 7 rings (SSSR count). The lowest BCUT2D eigenvalue weighted by molar-refractivity contribution is -0.432. The van der Waals surface area contributed by atoms with Gasteiger partial charge in [0, 0.05) is 28.8 Å². The Kier molecular flexibility index (Phi) is 13.5. The Morgan fingerprint density at radius 3 is 2.21 bits per heavy atom. The number of rotatable bonds is 16. The molecule has 0 fully saturated rings. The van der Waals surface area contributed by atoms with Gasteiger partial charge in [-0.3, -0.25) is 9.11 Å². The summed E-state index contributed by atoms with van der Waals surface area (Å²) in [6.07, 6.45) is 0. The molecule has 0 unspecified atom stereocenters. The average molecular weight is 961 g/mol. The van der Waals surface area contributed by atoms with Crippen molar-refractivity contribution in [3.05, 3.63) is 95.0 Å². The molecule has 0 atom stereocenters. The Hall–Kier alpha value is -5.58. The van der Waals surface area contributed by atoms with Crippen molar-refractivity contribution in [2.24, 2.45) is 10.2 Å². The Morgan fingerprint density at radius 2 is 1.48 bits per heavy atom. The highest BCUT2D eigenvalue weighted by molar-refractivity contribution is 7.99. The zero-order chi connectivity index (χ0) is 44.2. The van der Waals surface area contributed by atoms with Crippen LogP contribution in [0.3, 0.4) is 0 Å². The Labute approximate surface area is 369 Å². The number of aromatic hydroxyl groups is 1. The lowest BCUT2D eigenvalue weighted by Gasteiger charge is -2.15. The third kappa shape index (κ3) is 10.7. The molecule has 62 heavy (non-hydrogen) atoms. The van der Waals surface area contributed by atoms with Crippen molar-refractivity contribution in [3.8, 4) is 5.75 Å². The summed E-state index contributed by atoms with van der Waals surface area (Å²) in [5.41, 5.74) is 0.889. The second-order valence-electron chi connectivity index (χ2n) is 12.5. The second kappa shape index (κ2) is 18.8. The van der Waals surface area contributed by atoms with Gasteiger partial charge in [0.2, 0.25) is 28.4 Å². The molecule has 7 N–H and O–H groups in total. The van der Waals surface area contributed by atoms with E-state index in [0.717, 1.165) is 35.1 Å². The molecule has 2 aromatic heterocycles. The second-order valence-corrected chi connectivity index (χ2v) is 17.8. The van der Waals surface area contributed by atoms with E-state index in [4.69, 9.17) is 28.5 Å². The van der Waals surface area contributed by atoms with E-state index >= 15 is 0 Å². The van der Waals surface area contributed by atoms with Gasteiger partial charge in [-0.15, -0.1) is 14.6 Å². The van der Waals surface area contributed by atoms with Crippen molar-refractivity contribution in [1.82, 2.24) is 29.9 Å². The smallest absolute Gasteiger partial charge is 0.297 e. The first-order chi connectivity index (χ1) is 29.5. The number of hydrogen-bond acceptors (Lipinski definition) is 21. The highest BCUT2D eigenvalue weighted by Crippen LogP contribution is 2.48. The molecule has 0 amide bonds. The van der Waals surface area contributed by atoms with Gasteiger partial charge >= 0.3 is 0 Å². The van der Waals surface area contributed by atoms with Gasteiger partial charge in [0.15, 0.2) is 10.9 Å². The number of azo groups is 1. The lowest BCUT2D eigenvalue weighted by atomic mass is 10.1. The van der Waals surface area contributed by atoms with Crippen LogP contribution in [0.5, 0.6) is 5.75 Å². The van der Waals surface area contributed by atoms with Crippen LogP contribution in [-0.2, 0) is 29.6 Å². The number of nitrogens with one attached hydrogen (secondary N) is 3. The maximum Gasteiger partial charge on any atom is 0.297 e. The predicted molar refractivity (Wildman–Crippen MR) is 231 cm³/mol. The molecule has 0 bridgehead atoms. The third-order valence-corrected chi connectivity index (χ3v) is 11.9. The van der Waals surface area contributed by atoms with Crippen LogP contribution in [0.2, 0.25) is 10.6 Å². The zero-order valence-electron chi connectivity index (χ0n) is 31.1. The van der Waals surface area contributed by atoms with Gasteiger partial charge in [-0.25, -0.2) is 5.26 Å². The summed E-state index contributed by atoms with van der Waals surface area (Å²) >= 11 is 13.8. The number of anilines is 5. The molecule has 320 valence electrons. The maximum atomic E-state index is 12.5. The summed E-state index contributed by atoms with van der Waals surface area (Å²) in [5.74, 6) is -0.192. The van der Waals surface area contributed by atoms with Crippen LogP contribution in [0.1, 0.15) is 5.56 Å². The van der Waals surface area contributed by atoms with E-state index in [2.05, 4.69) is 65.5 Å². The normalized spacial score (nSPS) is 12.0. The van der Waals surface area contributed by atoms with Crippen molar-refractivity contribution in [2.45, 2.75) is 26.8 Å². The SMILES string of the molecule is Cc1ccc(Nc2nc(Cl)nc(NCCSc3nc(Cl)nc(Nc4cc(S(=O)(=O)O)cc5cc(SOOO)c(N=Nc6ccc7ccccc7c6S(=O)(=O)O)c(O)c45)n3)n2)cc1. The summed E-state index contributed by atoms with van der Waals surface area (Å²) in [6, 6.07) is 19.9. The van der Waals surface area contributed by atoms with Crippen LogP contribution >= 0.6 is 47.0 Å². The fraction of sp³-hybridized carbons (Fsp3) is 0.0857. The van der Waals surface area contributed by atoms with Gasteiger partial charge in [0.05, 0.1) is 27.5 Å². The number of phenolic OH excluding ortho intramolecular Hbond substituents is 1. The average Bonchev–Trinajstić information content (AvgIpc) is 3.20. The largest absolute Gasteiger partial charge is 0.505 e. The van der Waals surface area contributed by atoms with Gasteiger partial charge in [-0.2, -0.15) is 46.7 Å². The first-order valence-electron chi connectivity index (χ1n) is 17.2. The number of fused-ring (bicyclic) bond motifs is 2. The predicted octanol–water partition coefficient (Wildman–Crippen LogP) is 8.71. The highest BCUT2D eigenvalue weighted by atomic mass is 35.5. The molecule has 0 aliphatic rings. The molecule has 5 aromatic carbocycles. The van der Waals surface area contributed by atoms with Gasteiger partial charge in [0.25, 0.3) is 20.2 Å². The van der Waals surface area contributed by atoms with Crippen LogP contribution in [0.4, 0.5) is 40.6 Å². The molecule has 0 aliphatic heterocycles. The Bertz CT molecular complexity index is 3100. The van der Waals surface area contributed by atoms with E-state index in [1.807, 2.05) is 31.2 Å². The number of phenols is 1. The minimum absolute atomic E-state index is 0.0461. The summed E-state index contributed by atoms with van der Waals surface area (Å²) in [6.45, 7) is 2.24. The van der Waals surface area contributed by atoms with Gasteiger partial charge in [-0.05, 0) is 77.3 Å². The topological polar surface area (TPSA) is 306 Å². The van der Waals surface area contributed by atoms with E-state index in [9.17, 15) is 31.0 Å². The van der Waals surface area contributed by atoms with Gasteiger partial charge in [0.1, 0.15) is 16.3 Å². The quantitative estimate of drug-likeness (QED) is 0.00905. The Morgan fingerprint density at radius 1 is 0.774 bits per heavy atom. The molecule has 2 heterocycles. The van der Waals surface area contributed by atoms with Crippen LogP contribution in [0.25, 0.3) is 21.5 Å².